The Balaban J connectivity index is 1.83. The van der Waals surface area contributed by atoms with Crippen LogP contribution in [0.1, 0.15) is 36.6 Å². The Morgan fingerprint density at radius 2 is 1.73 bits per heavy atom. The number of thiazole rings is 1. The van der Waals surface area contributed by atoms with E-state index in [4.69, 9.17) is 14.5 Å². The second-order valence-corrected chi connectivity index (χ2v) is 12.2. The molecule has 0 bridgehead atoms. The van der Waals surface area contributed by atoms with Crippen molar-refractivity contribution < 1.29 is 19.1 Å². The van der Waals surface area contributed by atoms with Crippen LogP contribution in [0.2, 0.25) is 0 Å². The molecule has 7 nitrogen and oxygen atoms in total. The van der Waals surface area contributed by atoms with Crippen molar-refractivity contribution in [1.29, 1.82) is 0 Å². The van der Waals surface area contributed by atoms with Crippen molar-refractivity contribution >= 4 is 80.2 Å². The highest BCUT2D eigenvalue weighted by Crippen LogP contribution is 2.35. The van der Waals surface area contributed by atoms with Crippen molar-refractivity contribution in [2.75, 3.05) is 6.61 Å². The highest BCUT2D eigenvalue weighted by atomic mass is 127. The van der Waals surface area contributed by atoms with Crippen molar-refractivity contribution in [3.05, 3.63) is 122 Å². The van der Waals surface area contributed by atoms with Gasteiger partial charge in [-0.25, -0.2) is 9.79 Å². The van der Waals surface area contributed by atoms with Gasteiger partial charge in [-0.15, -0.1) is 0 Å². The third-order valence-corrected chi connectivity index (χ3v) is 8.47. The predicted octanol–water partition coefficient (Wildman–Crippen LogP) is 5.07. The summed E-state index contributed by atoms with van der Waals surface area (Å²) in [4.78, 5) is 44.7. The number of halogens is 2. The predicted molar refractivity (Wildman–Crippen MR) is 171 cm³/mol. The Morgan fingerprint density at radius 1 is 1.05 bits per heavy atom. The molecule has 4 aromatic rings. The highest BCUT2D eigenvalue weighted by molar-refractivity contribution is 14.1. The minimum atomic E-state index is -0.752. The third kappa shape index (κ3) is 5.70. The maximum Gasteiger partial charge on any atom is 0.338 e. The summed E-state index contributed by atoms with van der Waals surface area (Å²) in [6.45, 7) is 3.27. The van der Waals surface area contributed by atoms with Gasteiger partial charge in [0.2, 0.25) is 0 Å². The van der Waals surface area contributed by atoms with E-state index < -0.39 is 18.0 Å². The van der Waals surface area contributed by atoms with Crippen LogP contribution >= 0.6 is 56.5 Å². The van der Waals surface area contributed by atoms with Crippen molar-refractivity contribution in [1.82, 2.24) is 4.57 Å². The SMILES string of the molecule is CCOC(=O)C1=C(c2ccccc2)N=c2s/c(=C\c3cc(I)cc(I)c3OC(C)=O)c(=O)n2[C@@H]1c1ccccc1. The Hall–Kier alpha value is -3.10. The van der Waals surface area contributed by atoms with Crippen LogP contribution in [0.25, 0.3) is 11.8 Å². The summed E-state index contributed by atoms with van der Waals surface area (Å²) < 4.78 is 14.6. The Labute approximate surface area is 261 Å². The lowest BCUT2D eigenvalue weighted by molar-refractivity contribution is -0.139. The smallest absolute Gasteiger partial charge is 0.338 e. The van der Waals surface area contributed by atoms with Gasteiger partial charge in [0.1, 0.15) is 0 Å². The van der Waals surface area contributed by atoms with E-state index in [1.807, 2.05) is 72.8 Å². The Bertz CT molecular complexity index is 1830. The zero-order valence-electron chi connectivity index (χ0n) is 21.4. The quantitative estimate of drug-likeness (QED) is 0.155. The minimum absolute atomic E-state index is 0.181. The molecular weight excluding hydrogens is 754 g/mol. The molecule has 0 unspecified atom stereocenters. The van der Waals surface area contributed by atoms with E-state index in [-0.39, 0.29) is 12.2 Å². The number of carbonyl (C=O) groups excluding carboxylic acids is 2. The van der Waals surface area contributed by atoms with Crippen LogP contribution < -0.4 is 19.6 Å². The van der Waals surface area contributed by atoms with Crippen molar-refractivity contribution in [2.24, 2.45) is 4.99 Å². The normalized spacial score (nSPS) is 14.9. The molecule has 40 heavy (non-hydrogen) atoms. The van der Waals surface area contributed by atoms with Crippen molar-refractivity contribution in [3.63, 3.8) is 0 Å². The van der Waals surface area contributed by atoms with Gasteiger partial charge in [-0.05, 0) is 75.9 Å². The number of carbonyl (C=O) groups is 2. The fourth-order valence-electron chi connectivity index (χ4n) is 4.47. The molecule has 10 heteroatoms. The molecule has 0 radical (unpaired) electrons. The van der Waals surface area contributed by atoms with Crippen LogP contribution in [0, 0.1) is 7.14 Å². The summed E-state index contributed by atoms with van der Waals surface area (Å²) in [5.41, 5.74) is 2.54. The van der Waals surface area contributed by atoms with Crippen LogP contribution in [-0.4, -0.2) is 23.1 Å². The van der Waals surface area contributed by atoms with Crippen LogP contribution in [0.15, 0.2) is 88.2 Å². The van der Waals surface area contributed by atoms with E-state index in [9.17, 15) is 14.4 Å². The average Bonchev–Trinajstić information content (AvgIpc) is 3.25. The number of hydrogen-bond acceptors (Lipinski definition) is 7. The standard InChI is InChI=1S/C30H22I2N2O5S/c1-3-38-29(37)24-25(18-10-6-4-7-11-18)33-30-34(26(24)19-12-8-5-9-13-19)28(36)23(40-30)15-20-14-21(31)16-22(32)27(20)39-17(2)35/h4-16,26H,3H2,1-2H3/b23-15-/t26-/m1/s1. The summed E-state index contributed by atoms with van der Waals surface area (Å²) in [5, 5.41) is 0. The second-order valence-electron chi connectivity index (χ2n) is 8.74. The maximum absolute atomic E-state index is 14.1. The number of rotatable bonds is 6. The van der Waals surface area contributed by atoms with E-state index in [1.165, 1.54) is 18.3 Å². The summed E-state index contributed by atoms with van der Waals surface area (Å²) in [6.07, 6.45) is 1.71. The first kappa shape index (κ1) is 28.4. The van der Waals surface area contributed by atoms with E-state index in [2.05, 4.69) is 45.2 Å². The fraction of sp³-hybridized carbons (Fsp3) is 0.133. The zero-order valence-corrected chi connectivity index (χ0v) is 26.5. The van der Waals surface area contributed by atoms with Crippen LogP contribution in [0.4, 0.5) is 0 Å². The topological polar surface area (TPSA) is 87.0 Å². The molecule has 1 aliphatic heterocycles. The lowest BCUT2D eigenvalue weighted by Crippen LogP contribution is -2.40. The monoisotopic (exact) mass is 776 g/mol. The van der Waals surface area contributed by atoms with E-state index >= 15 is 0 Å². The molecule has 0 fully saturated rings. The molecule has 1 atom stereocenters. The largest absolute Gasteiger partial charge is 0.463 e. The second kappa shape index (κ2) is 12.2. The fourth-order valence-corrected chi connectivity index (χ4v) is 7.46. The van der Waals surface area contributed by atoms with Crippen LogP contribution in [0.3, 0.4) is 0 Å². The first-order chi connectivity index (χ1) is 19.3. The van der Waals surface area contributed by atoms with E-state index in [0.717, 1.165) is 18.3 Å². The van der Waals surface area contributed by atoms with Gasteiger partial charge in [-0.3, -0.25) is 14.2 Å². The molecule has 202 valence electrons. The molecule has 3 aromatic carbocycles. The van der Waals surface area contributed by atoms with Crippen molar-refractivity contribution in [2.45, 2.75) is 19.9 Å². The van der Waals surface area contributed by atoms with Crippen molar-refractivity contribution in [3.8, 4) is 5.75 Å². The van der Waals surface area contributed by atoms with Gasteiger partial charge >= 0.3 is 11.9 Å². The molecular formula is C30H22I2N2O5S. The molecule has 0 saturated heterocycles. The maximum atomic E-state index is 14.1. The number of benzene rings is 3. The first-order valence-corrected chi connectivity index (χ1v) is 15.3. The molecule has 2 heterocycles. The lowest BCUT2D eigenvalue weighted by Gasteiger charge is -2.25. The summed E-state index contributed by atoms with van der Waals surface area (Å²) in [7, 11) is 0. The average molecular weight is 776 g/mol. The van der Waals surface area contributed by atoms with Crippen LogP contribution in [-0.2, 0) is 14.3 Å². The van der Waals surface area contributed by atoms with E-state index in [1.54, 1.807) is 17.6 Å². The number of hydrogen-bond donors (Lipinski definition) is 0. The van der Waals surface area contributed by atoms with Gasteiger partial charge < -0.3 is 9.47 Å². The lowest BCUT2D eigenvalue weighted by atomic mass is 9.93. The molecule has 0 spiro atoms. The highest BCUT2D eigenvalue weighted by Gasteiger charge is 2.35. The van der Waals surface area contributed by atoms with Gasteiger partial charge in [0.05, 0.1) is 32.0 Å². The number of esters is 2. The van der Waals surface area contributed by atoms with Crippen LogP contribution in [0.5, 0.6) is 5.75 Å². The molecule has 1 aromatic heterocycles. The summed E-state index contributed by atoms with van der Waals surface area (Å²) in [6, 6.07) is 21.8. The Morgan fingerprint density at radius 3 is 2.38 bits per heavy atom. The number of ether oxygens (including phenoxy) is 2. The number of aromatic nitrogens is 1. The molecule has 1 aliphatic rings. The van der Waals surface area contributed by atoms with Gasteiger partial charge in [0.15, 0.2) is 10.6 Å². The van der Waals surface area contributed by atoms with Gasteiger partial charge in [0, 0.05) is 21.6 Å². The Kier molecular flexibility index (Phi) is 8.66. The van der Waals surface area contributed by atoms with Gasteiger partial charge in [-0.2, -0.15) is 0 Å². The van der Waals surface area contributed by atoms with E-state index in [0.29, 0.717) is 31.9 Å². The van der Waals surface area contributed by atoms with Gasteiger partial charge in [-0.1, -0.05) is 72.0 Å². The summed E-state index contributed by atoms with van der Waals surface area (Å²) >= 11 is 5.51. The molecule has 0 N–H and O–H groups in total. The zero-order chi connectivity index (χ0) is 28.4. The molecule has 0 amide bonds. The minimum Gasteiger partial charge on any atom is -0.463 e. The molecule has 5 rings (SSSR count). The number of nitrogens with zero attached hydrogens (tertiary/aromatic N) is 2. The van der Waals surface area contributed by atoms with Gasteiger partial charge in [0.25, 0.3) is 5.56 Å². The third-order valence-electron chi connectivity index (χ3n) is 6.06. The summed E-state index contributed by atoms with van der Waals surface area (Å²) in [5.74, 6) is -0.598. The first-order valence-electron chi connectivity index (χ1n) is 12.3. The molecule has 0 saturated carbocycles. The molecule has 0 aliphatic carbocycles. The number of fused-ring (bicyclic) bond motifs is 1.